The zero-order chi connectivity index (χ0) is 16.1. The van der Waals surface area contributed by atoms with Crippen molar-refractivity contribution >= 4 is 5.91 Å². The minimum absolute atomic E-state index is 0.0473. The molecule has 2 N–H and O–H groups in total. The van der Waals surface area contributed by atoms with Gasteiger partial charge in [-0.05, 0) is 38.1 Å². The van der Waals surface area contributed by atoms with E-state index in [-0.39, 0.29) is 5.91 Å². The van der Waals surface area contributed by atoms with Gasteiger partial charge in [-0.1, -0.05) is 18.2 Å². The van der Waals surface area contributed by atoms with Gasteiger partial charge in [0.05, 0.1) is 11.9 Å². The number of hydrogen-bond acceptors (Lipinski definition) is 4. The van der Waals surface area contributed by atoms with Gasteiger partial charge in [-0.25, -0.2) is 4.68 Å². The molecule has 3 rings (SSSR count). The topological polar surface area (TPSA) is 68.2 Å². The van der Waals surface area contributed by atoms with Gasteiger partial charge in [0.2, 0.25) is 0 Å². The second-order valence-electron chi connectivity index (χ2n) is 5.76. The van der Waals surface area contributed by atoms with Crippen molar-refractivity contribution in [1.82, 2.24) is 20.4 Å². The third-order valence-corrected chi connectivity index (χ3v) is 4.33. The van der Waals surface area contributed by atoms with Gasteiger partial charge in [-0.3, -0.25) is 4.79 Å². The minimum atomic E-state index is -0.708. The second-order valence-corrected chi connectivity index (χ2v) is 5.76. The van der Waals surface area contributed by atoms with Crippen LogP contribution in [0.4, 0.5) is 0 Å². The van der Waals surface area contributed by atoms with Gasteiger partial charge in [0.1, 0.15) is 5.60 Å². The summed E-state index contributed by atoms with van der Waals surface area (Å²) in [5, 5.41) is 10.6. The molecule has 1 aliphatic heterocycles. The zero-order valence-corrected chi connectivity index (χ0v) is 13.3. The van der Waals surface area contributed by atoms with Crippen molar-refractivity contribution in [2.24, 2.45) is 0 Å². The van der Waals surface area contributed by atoms with Crippen LogP contribution in [0.25, 0.3) is 5.69 Å². The maximum atomic E-state index is 12.5. The van der Waals surface area contributed by atoms with E-state index in [1.54, 1.807) is 18.0 Å². The summed E-state index contributed by atoms with van der Waals surface area (Å²) >= 11 is 0. The Balaban J connectivity index is 1.62. The molecule has 6 nitrogen and oxygen atoms in total. The molecule has 1 fully saturated rings. The van der Waals surface area contributed by atoms with Gasteiger partial charge >= 0.3 is 0 Å². The number of ether oxygens (including phenoxy) is 1. The third-order valence-electron chi connectivity index (χ3n) is 4.33. The molecule has 1 saturated heterocycles. The average Bonchev–Trinajstić information content (AvgIpc) is 3.10. The van der Waals surface area contributed by atoms with Crippen molar-refractivity contribution in [2.75, 3.05) is 20.2 Å². The fourth-order valence-electron chi connectivity index (χ4n) is 2.87. The van der Waals surface area contributed by atoms with E-state index in [2.05, 4.69) is 15.7 Å². The molecule has 1 aromatic carbocycles. The number of methoxy groups -OCH3 is 1. The number of carbonyl (C=O) groups excluding carboxylic acids is 1. The first-order chi connectivity index (χ1) is 11.2. The summed E-state index contributed by atoms with van der Waals surface area (Å²) in [7, 11) is 1.61. The van der Waals surface area contributed by atoms with E-state index in [0.29, 0.717) is 19.4 Å². The molecule has 2 aromatic rings. The number of hydrogen-bond donors (Lipinski definition) is 2. The highest BCUT2D eigenvalue weighted by Crippen LogP contribution is 2.22. The van der Waals surface area contributed by atoms with Gasteiger partial charge in [-0.15, -0.1) is 0 Å². The van der Waals surface area contributed by atoms with Crippen molar-refractivity contribution in [3.63, 3.8) is 0 Å². The van der Waals surface area contributed by atoms with Crippen LogP contribution >= 0.6 is 0 Å². The molecule has 6 heteroatoms. The zero-order valence-electron chi connectivity index (χ0n) is 13.3. The van der Waals surface area contributed by atoms with E-state index in [1.807, 2.05) is 36.5 Å². The van der Waals surface area contributed by atoms with Crippen LogP contribution < -0.4 is 10.6 Å². The van der Waals surface area contributed by atoms with E-state index in [0.717, 1.165) is 24.3 Å². The van der Waals surface area contributed by atoms with Crippen LogP contribution in [0.15, 0.2) is 42.7 Å². The van der Waals surface area contributed by atoms with E-state index in [4.69, 9.17) is 4.74 Å². The standard InChI is InChI=1S/C17H22N4O2/c1-23-17(7-9-18-10-8-17)16(22)19-11-14-12-20-21(13-14)15-5-3-2-4-6-15/h2-6,12-13,18H,7-11H2,1H3,(H,19,22). The molecule has 0 atom stereocenters. The Morgan fingerprint density at radius 2 is 2.09 bits per heavy atom. The molecule has 0 spiro atoms. The second kappa shape index (κ2) is 6.93. The van der Waals surface area contributed by atoms with Crippen molar-refractivity contribution < 1.29 is 9.53 Å². The van der Waals surface area contributed by atoms with Crippen LogP contribution in [0.5, 0.6) is 0 Å². The first-order valence-corrected chi connectivity index (χ1v) is 7.87. The molecule has 0 saturated carbocycles. The summed E-state index contributed by atoms with van der Waals surface area (Å²) in [6.07, 6.45) is 5.09. The predicted molar refractivity (Wildman–Crippen MR) is 87.3 cm³/mol. The molecule has 0 aliphatic carbocycles. The van der Waals surface area contributed by atoms with Gasteiger partial charge in [0.25, 0.3) is 5.91 Å². The van der Waals surface area contributed by atoms with E-state index in [1.165, 1.54) is 0 Å². The van der Waals surface area contributed by atoms with E-state index >= 15 is 0 Å². The van der Waals surface area contributed by atoms with Crippen LogP contribution in [0, 0.1) is 0 Å². The van der Waals surface area contributed by atoms with Gasteiger partial charge < -0.3 is 15.4 Å². The number of para-hydroxylation sites is 1. The maximum absolute atomic E-state index is 12.5. The van der Waals surface area contributed by atoms with Crippen molar-refractivity contribution in [1.29, 1.82) is 0 Å². The molecule has 0 radical (unpaired) electrons. The summed E-state index contributed by atoms with van der Waals surface area (Å²) in [5.41, 5.74) is 1.25. The van der Waals surface area contributed by atoms with Gasteiger partial charge in [0.15, 0.2) is 0 Å². The van der Waals surface area contributed by atoms with Crippen LogP contribution in [-0.2, 0) is 16.1 Å². The number of benzene rings is 1. The van der Waals surface area contributed by atoms with Crippen LogP contribution in [0.3, 0.4) is 0 Å². The quantitative estimate of drug-likeness (QED) is 0.872. The number of amides is 1. The average molecular weight is 314 g/mol. The summed E-state index contributed by atoms with van der Waals surface area (Å²) in [4.78, 5) is 12.5. The highest BCUT2D eigenvalue weighted by Gasteiger charge is 2.39. The Morgan fingerprint density at radius 3 is 2.78 bits per heavy atom. The van der Waals surface area contributed by atoms with Crippen LogP contribution in [0.2, 0.25) is 0 Å². The normalized spacial score (nSPS) is 16.9. The van der Waals surface area contributed by atoms with Crippen molar-refractivity contribution in [3.05, 3.63) is 48.3 Å². The Bertz CT molecular complexity index is 648. The number of piperidine rings is 1. The first-order valence-electron chi connectivity index (χ1n) is 7.87. The lowest BCUT2D eigenvalue weighted by Gasteiger charge is -2.34. The Morgan fingerprint density at radius 1 is 1.35 bits per heavy atom. The lowest BCUT2D eigenvalue weighted by Crippen LogP contribution is -2.53. The highest BCUT2D eigenvalue weighted by atomic mass is 16.5. The molecule has 0 bridgehead atoms. The first kappa shape index (κ1) is 15.7. The van der Waals surface area contributed by atoms with Crippen LogP contribution in [0.1, 0.15) is 18.4 Å². The molecule has 1 aromatic heterocycles. The molecule has 2 heterocycles. The van der Waals surface area contributed by atoms with Crippen molar-refractivity contribution in [2.45, 2.75) is 25.0 Å². The minimum Gasteiger partial charge on any atom is -0.368 e. The Hall–Kier alpha value is -2.18. The summed E-state index contributed by atoms with van der Waals surface area (Å²) in [6.45, 7) is 2.05. The van der Waals surface area contributed by atoms with Gasteiger partial charge in [-0.2, -0.15) is 5.10 Å². The SMILES string of the molecule is COC1(C(=O)NCc2cnn(-c3ccccc3)c2)CCNCC1. The van der Waals surface area contributed by atoms with E-state index in [9.17, 15) is 4.79 Å². The Kier molecular flexibility index (Phi) is 4.73. The molecule has 0 unspecified atom stereocenters. The van der Waals surface area contributed by atoms with Crippen LogP contribution in [-0.4, -0.2) is 41.5 Å². The highest BCUT2D eigenvalue weighted by molar-refractivity contribution is 5.85. The molecule has 23 heavy (non-hydrogen) atoms. The lowest BCUT2D eigenvalue weighted by atomic mass is 9.91. The number of nitrogens with one attached hydrogen (secondary N) is 2. The molecule has 1 amide bonds. The number of nitrogens with zero attached hydrogens (tertiary/aromatic N) is 2. The predicted octanol–water partition coefficient (Wildman–Crippen LogP) is 1.26. The maximum Gasteiger partial charge on any atom is 0.252 e. The summed E-state index contributed by atoms with van der Waals surface area (Å²) in [5.74, 6) is -0.0473. The number of aromatic nitrogens is 2. The number of rotatable bonds is 5. The summed E-state index contributed by atoms with van der Waals surface area (Å²) in [6, 6.07) is 9.89. The monoisotopic (exact) mass is 314 g/mol. The molecule has 122 valence electrons. The van der Waals surface area contributed by atoms with Gasteiger partial charge in [0, 0.05) is 25.4 Å². The van der Waals surface area contributed by atoms with E-state index < -0.39 is 5.60 Å². The lowest BCUT2D eigenvalue weighted by molar-refractivity contribution is -0.146. The third kappa shape index (κ3) is 3.43. The summed E-state index contributed by atoms with van der Waals surface area (Å²) < 4.78 is 7.33. The smallest absolute Gasteiger partial charge is 0.252 e. The largest absolute Gasteiger partial charge is 0.368 e. The fourth-order valence-corrected chi connectivity index (χ4v) is 2.87. The van der Waals surface area contributed by atoms with Crippen molar-refractivity contribution in [3.8, 4) is 5.69 Å². The molecule has 1 aliphatic rings. The number of carbonyl (C=O) groups is 1. The molecular weight excluding hydrogens is 292 g/mol. The fraction of sp³-hybridized carbons (Fsp3) is 0.412. The molecular formula is C17H22N4O2. The Labute approximate surface area is 135 Å².